The van der Waals surface area contributed by atoms with E-state index in [9.17, 15) is 5.26 Å². The number of rotatable bonds is 6. The third kappa shape index (κ3) is 6.71. The minimum atomic E-state index is 0.475. The third-order valence-electron chi connectivity index (χ3n) is 19.4. The topological polar surface area (TPSA) is 61.3 Å². The van der Waals surface area contributed by atoms with Gasteiger partial charge in [-0.3, -0.25) is 4.57 Å². The van der Waals surface area contributed by atoms with Crippen LogP contribution in [0.1, 0.15) is 5.56 Å². The highest BCUT2D eigenvalue weighted by molar-refractivity contribution is 6.25. The first kappa shape index (κ1) is 49.6. The van der Waals surface area contributed by atoms with Gasteiger partial charge in [0, 0.05) is 70.3 Å². The number of aromatic nitrogens is 6. The normalized spacial score (nSPS) is 12.2. The molecule has 20 aromatic rings. The van der Waals surface area contributed by atoms with Crippen LogP contribution in [-0.2, 0) is 0 Å². The van der Waals surface area contributed by atoms with Gasteiger partial charge in [0.2, 0.25) is 0 Å². The van der Waals surface area contributed by atoms with Crippen LogP contribution in [0.2, 0.25) is 0 Å². The van der Waals surface area contributed by atoms with Crippen LogP contribution in [0.5, 0.6) is 0 Å². The number of fused-ring (bicyclic) bond motifs is 21. The van der Waals surface area contributed by atoms with Crippen molar-refractivity contribution in [2.75, 3.05) is 0 Å². The Balaban J connectivity index is 1.19. The van der Waals surface area contributed by atoms with E-state index in [0.717, 1.165) is 170 Å². The number of benzene rings is 15. The molecule has 0 atom stereocenters. The fourth-order valence-corrected chi connectivity index (χ4v) is 15.8. The molecule has 20 rings (SSSR count). The molecule has 5 heterocycles. The molecule has 15 aromatic carbocycles. The number of hydrogen-bond donors (Lipinski definition) is 0. The Kier molecular flexibility index (Phi) is 10.2. The monoisotopic (exact) mass is 1160 g/mol. The summed E-state index contributed by atoms with van der Waals surface area (Å²) >= 11 is 0. The van der Waals surface area contributed by atoms with Crippen molar-refractivity contribution in [1.29, 1.82) is 5.26 Å². The molecule has 0 spiro atoms. The summed E-state index contributed by atoms with van der Waals surface area (Å²) in [6.45, 7) is 0. The molecule has 0 aliphatic rings. The molecule has 7 heteroatoms. The van der Waals surface area contributed by atoms with E-state index in [-0.39, 0.29) is 0 Å². The van der Waals surface area contributed by atoms with Gasteiger partial charge in [-0.15, -0.1) is 0 Å². The summed E-state index contributed by atoms with van der Waals surface area (Å²) < 4.78 is 12.4. The van der Waals surface area contributed by atoms with E-state index in [2.05, 4.69) is 326 Å². The van der Waals surface area contributed by atoms with E-state index in [1.54, 1.807) is 0 Å². The standard InChI is InChI=1S/C84H49N7/c85-50-68-80(88-70-37-17-12-32-60(70)64-46-42-51-22-4-8-28-56(51)76(64)88)75(84-86-69-36-16-21-41-74(69)87(84)55-26-2-1-3-27-55)82(90-72-39-19-14-34-62(72)66-48-44-53-24-6-10-30-58(53)78(66)90)83(91-73-40-20-15-35-63(73)67-49-45-54-25-7-11-31-59(54)79(67)91)81(68)89-71-38-18-13-33-61(71)65-47-43-52-23-5-9-29-57(52)77(65)89/h1-49H. The van der Waals surface area contributed by atoms with Crippen LogP contribution in [0.3, 0.4) is 0 Å². The number of para-hydroxylation sites is 7. The van der Waals surface area contributed by atoms with E-state index >= 15 is 0 Å². The summed E-state index contributed by atoms with van der Waals surface area (Å²) in [6.07, 6.45) is 0. The fourth-order valence-electron chi connectivity index (χ4n) is 15.8. The Morgan fingerprint density at radius 2 is 0.560 bits per heavy atom. The molecule has 0 aliphatic heterocycles. The van der Waals surface area contributed by atoms with Crippen LogP contribution < -0.4 is 0 Å². The van der Waals surface area contributed by atoms with Crippen molar-refractivity contribution in [3.63, 3.8) is 0 Å². The first-order valence-electron chi connectivity index (χ1n) is 31.0. The minimum absolute atomic E-state index is 0.475. The predicted molar refractivity (Wildman–Crippen MR) is 379 cm³/mol. The van der Waals surface area contributed by atoms with Crippen molar-refractivity contribution >= 4 is 141 Å². The smallest absolute Gasteiger partial charge is 0.150 e. The minimum Gasteiger partial charge on any atom is -0.306 e. The fraction of sp³-hybridized carbons (Fsp3) is 0. The van der Waals surface area contributed by atoms with Gasteiger partial charge in [-0.1, -0.05) is 249 Å². The molecule has 0 saturated heterocycles. The lowest BCUT2D eigenvalue weighted by Gasteiger charge is -2.29. The lowest BCUT2D eigenvalue weighted by Crippen LogP contribution is -2.17. The number of hydrogen-bond acceptors (Lipinski definition) is 2. The van der Waals surface area contributed by atoms with Crippen molar-refractivity contribution < 1.29 is 0 Å². The summed E-state index contributed by atoms with van der Waals surface area (Å²) in [5.41, 5.74) is 15.0. The van der Waals surface area contributed by atoms with E-state index in [1.165, 1.54) is 0 Å². The summed E-state index contributed by atoms with van der Waals surface area (Å²) in [4.78, 5) is 6.06. The van der Waals surface area contributed by atoms with E-state index in [0.29, 0.717) is 17.1 Å². The highest BCUT2D eigenvalue weighted by Crippen LogP contribution is 2.54. The van der Waals surface area contributed by atoms with Crippen molar-refractivity contribution in [1.82, 2.24) is 27.8 Å². The van der Waals surface area contributed by atoms with Crippen LogP contribution in [0, 0.1) is 11.3 Å². The largest absolute Gasteiger partial charge is 0.306 e. The second kappa shape index (κ2) is 18.8. The highest BCUT2D eigenvalue weighted by atomic mass is 15.2. The highest BCUT2D eigenvalue weighted by Gasteiger charge is 2.38. The second-order valence-electron chi connectivity index (χ2n) is 24.0. The van der Waals surface area contributed by atoms with E-state index in [4.69, 9.17) is 4.98 Å². The molecule has 0 radical (unpaired) electrons. The van der Waals surface area contributed by atoms with Gasteiger partial charge < -0.3 is 18.3 Å². The first-order chi connectivity index (χ1) is 45.2. The van der Waals surface area contributed by atoms with Crippen molar-refractivity contribution in [2.45, 2.75) is 0 Å². The Hall–Kier alpha value is -12.5. The summed E-state index contributed by atoms with van der Waals surface area (Å²) in [5, 5.41) is 31.0. The van der Waals surface area contributed by atoms with Crippen molar-refractivity contribution in [3.8, 4) is 45.9 Å². The Morgan fingerprint density at radius 1 is 0.242 bits per heavy atom. The lowest BCUT2D eigenvalue weighted by atomic mass is 9.96. The van der Waals surface area contributed by atoms with Crippen molar-refractivity contribution in [3.05, 3.63) is 303 Å². The van der Waals surface area contributed by atoms with Gasteiger partial charge in [0.25, 0.3) is 0 Å². The molecular formula is C84H49N7. The van der Waals surface area contributed by atoms with Gasteiger partial charge in [0.05, 0.1) is 83.5 Å². The van der Waals surface area contributed by atoms with Crippen LogP contribution in [0.25, 0.3) is 181 Å². The average Bonchev–Trinajstić information content (AvgIpc) is 1.60. The molecule has 0 amide bonds. The SMILES string of the molecule is N#Cc1c(-n2c3ccccc3c3ccc4ccccc4c32)c(-c2nc3ccccc3n2-c2ccccc2)c(-n2c3ccccc3c3ccc4ccccc4c32)c(-n2c3ccccc3c3ccc4ccccc4c32)c1-n1c2ccccc2c2ccc3ccccc3c21. The summed E-state index contributed by atoms with van der Waals surface area (Å²) in [7, 11) is 0. The molecule has 5 aromatic heterocycles. The number of nitriles is 1. The Labute approximate surface area is 520 Å². The molecule has 420 valence electrons. The number of imidazole rings is 1. The number of nitrogens with zero attached hydrogens (tertiary/aromatic N) is 7. The van der Waals surface area contributed by atoms with Crippen LogP contribution >= 0.6 is 0 Å². The van der Waals surface area contributed by atoms with Gasteiger partial charge in [0.15, 0.2) is 0 Å². The molecule has 7 nitrogen and oxygen atoms in total. The lowest BCUT2D eigenvalue weighted by molar-refractivity contribution is 1.02. The van der Waals surface area contributed by atoms with Gasteiger partial charge in [-0.25, -0.2) is 4.98 Å². The van der Waals surface area contributed by atoms with Gasteiger partial charge in [0.1, 0.15) is 17.5 Å². The van der Waals surface area contributed by atoms with Gasteiger partial charge in [-0.2, -0.15) is 5.26 Å². The molecule has 0 unspecified atom stereocenters. The Bertz CT molecular complexity index is 6600. The van der Waals surface area contributed by atoms with Crippen LogP contribution in [-0.4, -0.2) is 27.8 Å². The quantitative estimate of drug-likeness (QED) is 0.167. The maximum atomic E-state index is 13.6. The van der Waals surface area contributed by atoms with Crippen molar-refractivity contribution in [2.24, 2.45) is 0 Å². The maximum absolute atomic E-state index is 13.6. The Morgan fingerprint density at radius 3 is 0.967 bits per heavy atom. The predicted octanol–water partition coefficient (Wildman–Crippen LogP) is 21.6. The van der Waals surface area contributed by atoms with E-state index < -0.39 is 0 Å². The van der Waals surface area contributed by atoms with Gasteiger partial charge in [-0.05, 0) is 70.1 Å². The zero-order valence-corrected chi connectivity index (χ0v) is 48.9. The molecule has 91 heavy (non-hydrogen) atoms. The maximum Gasteiger partial charge on any atom is 0.150 e. The van der Waals surface area contributed by atoms with Crippen LogP contribution in [0.15, 0.2) is 297 Å². The average molecular weight is 1160 g/mol. The summed E-state index contributed by atoms with van der Waals surface area (Å²) in [5.74, 6) is 0.678. The van der Waals surface area contributed by atoms with E-state index in [1.807, 2.05) is 0 Å². The zero-order valence-electron chi connectivity index (χ0n) is 48.9. The second-order valence-corrected chi connectivity index (χ2v) is 24.0. The molecule has 0 bridgehead atoms. The molecule has 0 fully saturated rings. The molecule has 0 aliphatic carbocycles. The molecular weight excluding hydrogens is 1110 g/mol. The third-order valence-corrected chi connectivity index (χ3v) is 19.4. The van der Waals surface area contributed by atoms with Crippen LogP contribution in [0.4, 0.5) is 0 Å². The molecule has 0 N–H and O–H groups in total. The zero-order chi connectivity index (χ0) is 59.6. The summed E-state index contributed by atoms with van der Waals surface area (Å²) in [6, 6.07) is 111. The van der Waals surface area contributed by atoms with Gasteiger partial charge >= 0.3 is 0 Å². The molecule has 0 saturated carbocycles. The first-order valence-corrected chi connectivity index (χ1v) is 31.0.